The van der Waals surface area contributed by atoms with E-state index in [-0.39, 0.29) is 11.9 Å². The molecular formula is C14H17F3N2OS. The van der Waals surface area contributed by atoms with E-state index in [1.807, 2.05) is 0 Å². The van der Waals surface area contributed by atoms with Gasteiger partial charge in [-0.25, -0.2) is 0 Å². The van der Waals surface area contributed by atoms with Gasteiger partial charge in [0.25, 0.3) is 0 Å². The number of nitrogens with one attached hydrogen (secondary N) is 2. The van der Waals surface area contributed by atoms with E-state index in [0.717, 1.165) is 19.4 Å². The Kier molecular flexibility index (Phi) is 5.52. The molecule has 1 fully saturated rings. The first-order valence-electron chi connectivity index (χ1n) is 6.76. The van der Waals surface area contributed by atoms with Crippen molar-refractivity contribution in [3.05, 3.63) is 24.3 Å². The van der Waals surface area contributed by atoms with Crippen LogP contribution in [0.4, 0.5) is 18.9 Å². The molecule has 21 heavy (non-hydrogen) atoms. The van der Waals surface area contributed by atoms with Crippen molar-refractivity contribution in [1.29, 1.82) is 0 Å². The zero-order valence-corrected chi connectivity index (χ0v) is 12.2. The van der Waals surface area contributed by atoms with Crippen molar-refractivity contribution < 1.29 is 18.0 Å². The van der Waals surface area contributed by atoms with Gasteiger partial charge in [0.1, 0.15) is 0 Å². The molecule has 2 rings (SSSR count). The van der Waals surface area contributed by atoms with E-state index in [1.165, 1.54) is 0 Å². The second-order valence-corrected chi connectivity index (χ2v) is 5.96. The van der Waals surface area contributed by atoms with Crippen molar-refractivity contribution in [2.24, 2.45) is 0 Å². The maximum Gasteiger partial charge on any atom is 0.398 e. The standard InChI is InChI=1S/C14H17F3N2OS/c15-14(16,17)9-21-12-6-2-1-5-11(12)19-13(20)8-10-4-3-7-18-10/h1-2,5-6,10,18H,3-4,7-9H2,(H,19,20). The molecule has 1 aromatic carbocycles. The molecule has 1 unspecified atom stereocenters. The molecule has 0 aliphatic carbocycles. The third kappa shape index (κ3) is 5.59. The third-order valence-corrected chi connectivity index (χ3v) is 4.29. The molecule has 1 aliphatic heterocycles. The first kappa shape index (κ1) is 16.2. The topological polar surface area (TPSA) is 41.1 Å². The van der Waals surface area contributed by atoms with Gasteiger partial charge >= 0.3 is 6.18 Å². The van der Waals surface area contributed by atoms with Crippen LogP contribution in [-0.4, -0.2) is 30.4 Å². The number of benzene rings is 1. The second-order valence-electron chi connectivity index (χ2n) is 4.95. The largest absolute Gasteiger partial charge is 0.398 e. The fraction of sp³-hybridized carbons (Fsp3) is 0.500. The molecule has 2 N–H and O–H groups in total. The first-order valence-corrected chi connectivity index (χ1v) is 7.74. The quantitative estimate of drug-likeness (QED) is 0.817. The van der Waals surface area contributed by atoms with Gasteiger partial charge in [-0.05, 0) is 31.5 Å². The highest BCUT2D eigenvalue weighted by Gasteiger charge is 2.27. The summed E-state index contributed by atoms with van der Waals surface area (Å²) in [6.45, 7) is 0.913. The summed E-state index contributed by atoms with van der Waals surface area (Å²) in [5.41, 5.74) is 0.440. The Balaban J connectivity index is 1.93. The smallest absolute Gasteiger partial charge is 0.325 e. The Hall–Kier alpha value is -1.21. The van der Waals surface area contributed by atoms with Gasteiger partial charge in [-0.15, -0.1) is 11.8 Å². The SMILES string of the molecule is O=C(CC1CCCN1)Nc1ccccc1SCC(F)(F)F. The van der Waals surface area contributed by atoms with E-state index in [0.29, 0.717) is 28.8 Å². The van der Waals surface area contributed by atoms with Gasteiger partial charge < -0.3 is 10.6 Å². The number of hydrogen-bond donors (Lipinski definition) is 2. The lowest BCUT2D eigenvalue weighted by Crippen LogP contribution is -2.27. The van der Waals surface area contributed by atoms with E-state index in [1.54, 1.807) is 24.3 Å². The van der Waals surface area contributed by atoms with Crippen molar-refractivity contribution in [3.8, 4) is 0 Å². The van der Waals surface area contributed by atoms with Crippen LogP contribution in [0.1, 0.15) is 19.3 Å². The van der Waals surface area contributed by atoms with Crippen LogP contribution in [0.25, 0.3) is 0 Å². The fourth-order valence-corrected chi connectivity index (χ4v) is 2.98. The normalized spacial score (nSPS) is 18.7. The van der Waals surface area contributed by atoms with Crippen LogP contribution in [-0.2, 0) is 4.79 Å². The number of thioether (sulfide) groups is 1. The lowest BCUT2D eigenvalue weighted by Gasteiger charge is -2.13. The number of anilines is 1. The molecule has 0 radical (unpaired) electrons. The summed E-state index contributed by atoms with van der Waals surface area (Å²) >= 11 is 0.683. The van der Waals surface area contributed by atoms with Crippen LogP contribution in [0.5, 0.6) is 0 Å². The average Bonchev–Trinajstić information content (AvgIpc) is 2.89. The van der Waals surface area contributed by atoms with Crippen molar-refractivity contribution in [2.75, 3.05) is 17.6 Å². The number of amides is 1. The van der Waals surface area contributed by atoms with Gasteiger partial charge in [0.15, 0.2) is 0 Å². The number of carbonyl (C=O) groups excluding carboxylic acids is 1. The van der Waals surface area contributed by atoms with E-state index in [4.69, 9.17) is 0 Å². The molecule has 1 aliphatic rings. The van der Waals surface area contributed by atoms with Crippen LogP contribution in [0, 0.1) is 0 Å². The maximum absolute atomic E-state index is 12.3. The van der Waals surface area contributed by atoms with Gasteiger partial charge in [-0.2, -0.15) is 13.2 Å². The third-order valence-electron chi connectivity index (χ3n) is 3.15. The molecule has 0 saturated carbocycles. The number of para-hydroxylation sites is 1. The molecule has 1 atom stereocenters. The number of rotatable bonds is 5. The summed E-state index contributed by atoms with van der Waals surface area (Å²) in [5.74, 6) is -1.14. The molecule has 1 heterocycles. The molecule has 1 aromatic rings. The number of alkyl halides is 3. The van der Waals surface area contributed by atoms with Crippen LogP contribution < -0.4 is 10.6 Å². The van der Waals surface area contributed by atoms with Crippen LogP contribution in [0.3, 0.4) is 0 Å². The summed E-state index contributed by atoms with van der Waals surface area (Å²) < 4.78 is 36.9. The Labute approximate surface area is 125 Å². The minimum Gasteiger partial charge on any atom is -0.325 e. The molecular weight excluding hydrogens is 301 g/mol. The second kappa shape index (κ2) is 7.17. The molecule has 0 aromatic heterocycles. The van der Waals surface area contributed by atoms with E-state index in [2.05, 4.69) is 10.6 Å². The van der Waals surface area contributed by atoms with Crippen LogP contribution in [0.15, 0.2) is 29.2 Å². The highest BCUT2D eigenvalue weighted by Crippen LogP contribution is 2.32. The Bertz CT molecular complexity index is 487. The van der Waals surface area contributed by atoms with Crippen molar-refractivity contribution in [3.63, 3.8) is 0 Å². The first-order chi connectivity index (χ1) is 9.94. The summed E-state index contributed by atoms with van der Waals surface area (Å²) in [6.07, 6.45) is -1.87. The average molecular weight is 318 g/mol. The molecule has 1 amide bonds. The molecule has 3 nitrogen and oxygen atoms in total. The van der Waals surface area contributed by atoms with Crippen LogP contribution >= 0.6 is 11.8 Å². The van der Waals surface area contributed by atoms with E-state index in [9.17, 15) is 18.0 Å². The lowest BCUT2D eigenvalue weighted by atomic mass is 10.1. The minimum absolute atomic E-state index is 0.167. The number of hydrogen-bond acceptors (Lipinski definition) is 3. The zero-order valence-electron chi connectivity index (χ0n) is 11.4. The lowest BCUT2D eigenvalue weighted by molar-refractivity contribution is -0.116. The van der Waals surface area contributed by atoms with Gasteiger partial charge in [0.2, 0.25) is 5.91 Å². The van der Waals surface area contributed by atoms with Crippen LogP contribution in [0.2, 0.25) is 0 Å². The number of halogens is 3. The number of carbonyl (C=O) groups is 1. The molecule has 116 valence electrons. The fourth-order valence-electron chi connectivity index (χ4n) is 2.21. The molecule has 7 heteroatoms. The van der Waals surface area contributed by atoms with E-state index >= 15 is 0 Å². The predicted molar refractivity (Wildman–Crippen MR) is 77.5 cm³/mol. The maximum atomic E-state index is 12.3. The Morgan fingerprint density at radius 1 is 1.38 bits per heavy atom. The highest BCUT2D eigenvalue weighted by atomic mass is 32.2. The summed E-state index contributed by atoms with van der Waals surface area (Å²) in [5, 5.41) is 5.92. The zero-order chi connectivity index (χ0) is 15.3. The highest BCUT2D eigenvalue weighted by molar-refractivity contribution is 7.99. The summed E-state index contributed by atoms with van der Waals surface area (Å²) in [4.78, 5) is 12.4. The van der Waals surface area contributed by atoms with Gasteiger partial charge in [-0.1, -0.05) is 12.1 Å². The monoisotopic (exact) mass is 318 g/mol. The Morgan fingerprint density at radius 3 is 2.81 bits per heavy atom. The predicted octanol–water partition coefficient (Wildman–Crippen LogP) is 3.42. The van der Waals surface area contributed by atoms with Crippen molar-refractivity contribution in [1.82, 2.24) is 5.32 Å². The van der Waals surface area contributed by atoms with Gasteiger partial charge in [0.05, 0.1) is 11.4 Å². The van der Waals surface area contributed by atoms with Gasteiger partial charge in [0, 0.05) is 17.4 Å². The van der Waals surface area contributed by atoms with E-state index < -0.39 is 11.9 Å². The summed E-state index contributed by atoms with van der Waals surface area (Å²) in [7, 11) is 0. The Morgan fingerprint density at radius 2 is 2.14 bits per heavy atom. The molecule has 0 bridgehead atoms. The van der Waals surface area contributed by atoms with Crippen molar-refractivity contribution in [2.45, 2.75) is 36.4 Å². The molecule has 0 spiro atoms. The van der Waals surface area contributed by atoms with Gasteiger partial charge in [-0.3, -0.25) is 4.79 Å². The molecule has 1 saturated heterocycles. The van der Waals surface area contributed by atoms with Crippen molar-refractivity contribution >= 4 is 23.4 Å². The summed E-state index contributed by atoms with van der Waals surface area (Å²) in [6, 6.07) is 6.73. The minimum atomic E-state index is -4.23.